The molecular formula is C19H13N3O2. The Kier molecular flexibility index (Phi) is 3.31. The minimum atomic E-state index is 0.191. The molecule has 0 bridgehead atoms. The molecule has 0 aliphatic carbocycles. The molecule has 2 heterocycles. The molecular weight excluding hydrogens is 302 g/mol. The van der Waals surface area contributed by atoms with Gasteiger partial charge in [-0.1, -0.05) is 0 Å². The van der Waals surface area contributed by atoms with Gasteiger partial charge < -0.3 is 10.2 Å². The summed E-state index contributed by atoms with van der Waals surface area (Å²) in [6.45, 7) is 0. The van der Waals surface area contributed by atoms with E-state index in [1.807, 2.05) is 12.1 Å². The van der Waals surface area contributed by atoms with Crippen molar-refractivity contribution >= 4 is 11.2 Å². The van der Waals surface area contributed by atoms with E-state index < -0.39 is 0 Å². The summed E-state index contributed by atoms with van der Waals surface area (Å²) < 4.78 is 0. The maximum atomic E-state index is 9.52. The van der Waals surface area contributed by atoms with Gasteiger partial charge in [0, 0.05) is 17.3 Å². The highest BCUT2D eigenvalue weighted by atomic mass is 16.3. The van der Waals surface area contributed by atoms with Crippen LogP contribution in [-0.2, 0) is 0 Å². The minimum Gasteiger partial charge on any atom is -0.508 e. The first-order valence-electron chi connectivity index (χ1n) is 7.42. The number of fused-ring (bicyclic) bond motifs is 1. The number of nitrogens with zero attached hydrogens (tertiary/aromatic N) is 3. The SMILES string of the molecule is Oc1ccc(-c2nc3cccnc3nc2-c2ccc(O)cc2)cc1. The highest BCUT2D eigenvalue weighted by Crippen LogP contribution is 2.31. The summed E-state index contributed by atoms with van der Waals surface area (Å²) >= 11 is 0. The smallest absolute Gasteiger partial charge is 0.178 e. The number of rotatable bonds is 2. The van der Waals surface area contributed by atoms with Crippen LogP contribution >= 0.6 is 0 Å². The molecule has 0 fully saturated rings. The molecule has 24 heavy (non-hydrogen) atoms. The maximum Gasteiger partial charge on any atom is 0.178 e. The number of hydrogen-bond acceptors (Lipinski definition) is 5. The molecule has 2 aromatic carbocycles. The lowest BCUT2D eigenvalue weighted by Gasteiger charge is -2.10. The highest BCUT2D eigenvalue weighted by Gasteiger charge is 2.13. The van der Waals surface area contributed by atoms with Crippen LogP contribution in [-0.4, -0.2) is 25.2 Å². The van der Waals surface area contributed by atoms with E-state index in [1.54, 1.807) is 54.7 Å². The molecule has 4 rings (SSSR count). The monoisotopic (exact) mass is 315 g/mol. The lowest BCUT2D eigenvalue weighted by molar-refractivity contribution is 0.475. The minimum absolute atomic E-state index is 0.191. The fraction of sp³-hybridized carbons (Fsp3) is 0. The third-order valence-corrected chi connectivity index (χ3v) is 3.72. The molecule has 4 aromatic rings. The van der Waals surface area contributed by atoms with Gasteiger partial charge in [-0.05, 0) is 60.7 Å². The summed E-state index contributed by atoms with van der Waals surface area (Å²) in [5, 5.41) is 19.0. The van der Waals surface area contributed by atoms with Crippen molar-refractivity contribution in [1.82, 2.24) is 15.0 Å². The Morgan fingerprint density at radius 2 is 1.17 bits per heavy atom. The van der Waals surface area contributed by atoms with Gasteiger partial charge in [-0.3, -0.25) is 0 Å². The van der Waals surface area contributed by atoms with Crippen molar-refractivity contribution in [3.05, 3.63) is 66.9 Å². The van der Waals surface area contributed by atoms with Crippen LogP contribution in [0.5, 0.6) is 11.5 Å². The molecule has 0 saturated heterocycles. The quantitative estimate of drug-likeness (QED) is 0.588. The van der Waals surface area contributed by atoms with Gasteiger partial charge in [-0.15, -0.1) is 0 Å². The summed E-state index contributed by atoms with van der Waals surface area (Å²) in [5.41, 5.74) is 4.30. The predicted octanol–water partition coefficient (Wildman–Crippen LogP) is 3.77. The summed E-state index contributed by atoms with van der Waals surface area (Å²) in [7, 11) is 0. The molecule has 5 heteroatoms. The maximum absolute atomic E-state index is 9.52. The third-order valence-electron chi connectivity index (χ3n) is 3.72. The van der Waals surface area contributed by atoms with Gasteiger partial charge in [0.15, 0.2) is 5.65 Å². The molecule has 0 aliphatic heterocycles. The van der Waals surface area contributed by atoms with Crippen molar-refractivity contribution in [2.24, 2.45) is 0 Å². The van der Waals surface area contributed by atoms with E-state index in [1.165, 1.54) is 0 Å². The van der Waals surface area contributed by atoms with E-state index in [-0.39, 0.29) is 11.5 Å². The molecule has 0 spiro atoms. The van der Waals surface area contributed by atoms with Gasteiger partial charge in [0.05, 0.1) is 11.4 Å². The fourth-order valence-electron chi connectivity index (χ4n) is 2.54. The Morgan fingerprint density at radius 1 is 0.625 bits per heavy atom. The Labute approximate surface area is 137 Å². The zero-order valence-corrected chi connectivity index (χ0v) is 12.6. The van der Waals surface area contributed by atoms with Crippen LogP contribution < -0.4 is 0 Å². The van der Waals surface area contributed by atoms with Crippen LogP contribution in [0.1, 0.15) is 0 Å². The first-order chi connectivity index (χ1) is 11.7. The summed E-state index contributed by atoms with van der Waals surface area (Å²) in [6.07, 6.45) is 1.68. The van der Waals surface area contributed by atoms with Gasteiger partial charge >= 0.3 is 0 Å². The molecule has 0 unspecified atom stereocenters. The van der Waals surface area contributed by atoms with E-state index in [4.69, 9.17) is 4.98 Å². The van der Waals surface area contributed by atoms with Crippen LogP contribution in [0, 0.1) is 0 Å². The number of phenolic OH excluding ortho intramolecular Hbond substituents is 2. The van der Waals surface area contributed by atoms with Gasteiger partial charge in [-0.2, -0.15) is 0 Å². The summed E-state index contributed by atoms with van der Waals surface area (Å²) in [5.74, 6) is 0.386. The van der Waals surface area contributed by atoms with Crippen molar-refractivity contribution in [3.63, 3.8) is 0 Å². The lowest BCUT2D eigenvalue weighted by atomic mass is 10.0. The van der Waals surface area contributed by atoms with Crippen LogP contribution in [0.2, 0.25) is 0 Å². The average Bonchev–Trinajstić information content (AvgIpc) is 2.62. The summed E-state index contributed by atoms with van der Waals surface area (Å²) in [4.78, 5) is 13.6. The second-order valence-corrected chi connectivity index (χ2v) is 5.36. The zero-order chi connectivity index (χ0) is 16.5. The van der Waals surface area contributed by atoms with E-state index in [0.717, 1.165) is 11.1 Å². The van der Waals surface area contributed by atoms with Crippen LogP contribution in [0.4, 0.5) is 0 Å². The van der Waals surface area contributed by atoms with Gasteiger partial charge in [-0.25, -0.2) is 15.0 Å². The molecule has 0 amide bonds. The van der Waals surface area contributed by atoms with Crippen molar-refractivity contribution in [3.8, 4) is 34.0 Å². The first-order valence-corrected chi connectivity index (χ1v) is 7.42. The largest absolute Gasteiger partial charge is 0.508 e. The number of benzene rings is 2. The van der Waals surface area contributed by atoms with Crippen LogP contribution in [0.3, 0.4) is 0 Å². The molecule has 0 radical (unpaired) electrons. The molecule has 5 nitrogen and oxygen atoms in total. The Balaban J connectivity index is 2.00. The number of pyridine rings is 1. The fourth-order valence-corrected chi connectivity index (χ4v) is 2.54. The topological polar surface area (TPSA) is 79.1 Å². The Hall–Kier alpha value is -3.47. The first kappa shape index (κ1) is 14.1. The second kappa shape index (κ2) is 5.62. The van der Waals surface area contributed by atoms with Crippen LogP contribution in [0.25, 0.3) is 33.7 Å². The van der Waals surface area contributed by atoms with Crippen molar-refractivity contribution in [1.29, 1.82) is 0 Å². The van der Waals surface area contributed by atoms with Crippen LogP contribution in [0.15, 0.2) is 66.9 Å². The molecule has 2 aromatic heterocycles. The van der Waals surface area contributed by atoms with E-state index in [2.05, 4.69) is 9.97 Å². The Morgan fingerprint density at radius 3 is 1.75 bits per heavy atom. The van der Waals surface area contributed by atoms with Gasteiger partial charge in [0.2, 0.25) is 0 Å². The van der Waals surface area contributed by atoms with E-state index in [0.29, 0.717) is 22.6 Å². The second-order valence-electron chi connectivity index (χ2n) is 5.36. The zero-order valence-electron chi connectivity index (χ0n) is 12.6. The molecule has 116 valence electrons. The molecule has 0 saturated carbocycles. The standard InChI is InChI=1S/C19H13N3O2/c23-14-7-3-12(4-8-14)17-18(13-5-9-15(24)10-6-13)22-19-16(21-17)2-1-11-20-19/h1-11,23-24H. The highest BCUT2D eigenvalue weighted by molar-refractivity contribution is 5.84. The average molecular weight is 315 g/mol. The summed E-state index contributed by atoms with van der Waals surface area (Å²) in [6, 6.07) is 17.3. The van der Waals surface area contributed by atoms with E-state index in [9.17, 15) is 10.2 Å². The number of phenols is 2. The normalized spacial score (nSPS) is 10.8. The van der Waals surface area contributed by atoms with Gasteiger partial charge in [0.25, 0.3) is 0 Å². The molecule has 0 aliphatic rings. The van der Waals surface area contributed by atoms with Gasteiger partial charge in [0.1, 0.15) is 17.0 Å². The predicted molar refractivity (Wildman–Crippen MR) is 91.5 cm³/mol. The van der Waals surface area contributed by atoms with Crippen molar-refractivity contribution in [2.45, 2.75) is 0 Å². The Bertz CT molecular complexity index is 929. The number of aromatic nitrogens is 3. The molecule has 0 atom stereocenters. The number of hydrogen-bond donors (Lipinski definition) is 2. The molecule has 2 N–H and O–H groups in total. The van der Waals surface area contributed by atoms with Crippen molar-refractivity contribution < 1.29 is 10.2 Å². The lowest BCUT2D eigenvalue weighted by Crippen LogP contribution is -1.96. The van der Waals surface area contributed by atoms with Crippen molar-refractivity contribution in [2.75, 3.05) is 0 Å². The van der Waals surface area contributed by atoms with E-state index >= 15 is 0 Å². The third kappa shape index (κ3) is 2.52. The number of aromatic hydroxyl groups is 2.